The largest absolute Gasteiger partial charge is 0.504 e. The monoisotopic (exact) mass is 308 g/mol. The second-order valence-electron chi connectivity index (χ2n) is 5.26. The lowest BCUT2D eigenvalue weighted by Crippen LogP contribution is -1.97. The first-order chi connectivity index (χ1) is 11.1. The van der Waals surface area contributed by atoms with Crippen molar-refractivity contribution < 1.29 is 19.4 Å². The Morgan fingerprint density at radius 1 is 1.13 bits per heavy atom. The number of methoxy groups -OCH3 is 1. The zero-order valence-corrected chi connectivity index (χ0v) is 12.9. The van der Waals surface area contributed by atoms with Crippen LogP contribution in [0.2, 0.25) is 0 Å². The van der Waals surface area contributed by atoms with Gasteiger partial charge in [-0.15, -0.1) is 0 Å². The van der Waals surface area contributed by atoms with Crippen molar-refractivity contribution in [2.75, 3.05) is 7.11 Å². The Bertz CT molecular complexity index is 814. The number of ether oxygens (including phenoxy) is 2. The number of carbonyl (C=O) groups is 1. The first kappa shape index (κ1) is 14.9. The highest BCUT2D eigenvalue weighted by Crippen LogP contribution is 2.33. The molecule has 0 aromatic heterocycles. The van der Waals surface area contributed by atoms with Gasteiger partial charge < -0.3 is 14.6 Å². The number of carbonyl (C=O) groups excluding carboxylic acids is 1. The van der Waals surface area contributed by atoms with Crippen LogP contribution in [0.25, 0.3) is 11.8 Å². The molecule has 23 heavy (non-hydrogen) atoms. The maximum atomic E-state index is 12.0. The minimum absolute atomic E-state index is 0.00696. The van der Waals surface area contributed by atoms with Gasteiger partial charge in [0, 0.05) is 11.1 Å². The zero-order chi connectivity index (χ0) is 16.4. The highest BCUT2D eigenvalue weighted by atomic mass is 16.5. The summed E-state index contributed by atoms with van der Waals surface area (Å²) in [4.78, 5) is 12.0. The number of phenolic OH excluding ortho intramolecular Hbond substituents is 1. The van der Waals surface area contributed by atoms with Crippen LogP contribution in [0, 0.1) is 6.92 Å². The van der Waals surface area contributed by atoms with Crippen molar-refractivity contribution in [3.8, 4) is 11.5 Å². The van der Waals surface area contributed by atoms with E-state index in [1.54, 1.807) is 30.4 Å². The lowest BCUT2D eigenvalue weighted by atomic mass is 10.1. The maximum Gasteiger partial charge on any atom is 0.343 e. The molecule has 1 heterocycles. The molecular weight excluding hydrogens is 292 g/mol. The molecule has 4 heteroatoms. The molecule has 1 aliphatic heterocycles. The van der Waals surface area contributed by atoms with Crippen LogP contribution < -0.4 is 4.74 Å². The Kier molecular flexibility index (Phi) is 3.89. The van der Waals surface area contributed by atoms with E-state index in [1.165, 1.54) is 7.11 Å². The number of para-hydroxylation sites is 1. The molecule has 0 bridgehead atoms. The lowest BCUT2D eigenvalue weighted by Gasteiger charge is -2.05. The summed E-state index contributed by atoms with van der Waals surface area (Å²) in [7, 11) is 1.48. The van der Waals surface area contributed by atoms with Gasteiger partial charge in [0.15, 0.2) is 11.5 Å². The van der Waals surface area contributed by atoms with Crippen molar-refractivity contribution in [2.24, 2.45) is 0 Å². The molecule has 0 radical (unpaired) electrons. The van der Waals surface area contributed by atoms with Crippen LogP contribution in [0.4, 0.5) is 0 Å². The van der Waals surface area contributed by atoms with Gasteiger partial charge in [-0.1, -0.05) is 42.0 Å². The van der Waals surface area contributed by atoms with Crippen LogP contribution >= 0.6 is 0 Å². The van der Waals surface area contributed by atoms with Gasteiger partial charge in [-0.2, -0.15) is 0 Å². The number of esters is 1. The zero-order valence-electron chi connectivity index (χ0n) is 12.9. The van der Waals surface area contributed by atoms with Gasteiger partial charge in [0.1, 0.15) is 5.76 Å². The van der Waals surface area contributed by atoms with Gasteiger partial charge in [-0.05, 0) is 25.1 Å². The number of aromatic hydroxyl groups is 1. The maximum absolute atomic E-state index is 12.0. The van der Waals surface area contributed by atoms with Crippen LogP contribution in [0.3, 0.4) is 0 Å². The molecule has 116 valence electrons. The van der Waals surface area contributed by atoms with Gasteiger partial charge in [-0.25, -0.2) is 4.79 Å². The minimum atomic E-state index is -0.442. The number of hydrogen-bond acceptors (Lipinski definition) is 4. The third-order valence-electron chi connectivity index (χ3n) is 3.62. The van der Waals surface area contributed by atoms with E-state index >= 15 is 0 Å². The molecule has 0 atom stereocenters. The van der Waals surface area contributed by atoms with Gasteiger partial charge in [0.2, 0.25) is 0 Å². The molecule has 2 aromatic carbocycles. The van der Waals surface area contributed by atoms with Crippen molar-refractivity contribution in [1.29, 1.82) is 0 Å². The molecule has 0 unspecified atom stereocenters. The van der Waals surface area contributed by atoms with Crippen LogP contribution in [-0.4, -0.2) is 18.2 Å². The molecule has 1 N–H and O–H groups in total. The summed E-state index contributed by atoms with van der Waals surface area (Å²) in [5.41, 5.74) is 2.85. The van der Waals surface area contributed by atoms with E-state index in [4.69, 9.17) is 9.47 Å². The van der Waals surface area contributed by atoms with Gasteiger partial charge >= 0.3 is 5.97 Å². The summed E-state index contributed by atoms with van der Waals surface area (Å²) >= 11 is 0. The third-order valence-corrected chi connectivity index (χ3v) is 3.62. The number of benzene rings is 2. The minimum Gasteiger partial charge on any atom is -0.504 e. The van der Waals surface area contributed by atoms with E-state index in [2.05, 4.69) is 0 Å². The van der Waals surface area contributed by atoms with Crippen LogP contribution in [0.1, 0.15) is 16.7 Å². The van der Waals surface area contributed by atoms with E-state index in [0.29, 0.717) is 22.6 Å². The Balaban J connectivity index is 1.97. The Morgan fingerprint density at radius 3 is 2.57 bits per heavy atom. The quantitative estimate of drug-likeness (QED) is 0.694. The fraction of sp³-hybridized carbons (Fsp3) is 0.105. The summed E-state index contributed by atoms with van der Waals surface area (Å²) in [6.45, 7) is 2.00. The first-order valence-electron chi connectivity index (χ1n) is 7.17. The fourth-order valence-electron chi connectivity index (χ4n) is 2.34. The summed E-state index contributed by atoms with van der Waals surface area (Å²) in [6, 6.07) is 12.8. The van der Waals surface area contributed by atoms with Crippen molar-refractivity contribution in [3.05, 3.63) is 70.8 Å². The number of cyclic esters (lactones) is 1. The molecule has 0 spiro atoms. The SMILES string of the molecule is COc1cccc(/C=C2/C=C(c3ccc(C)cc3)OC2=O)c1O. The molecule has 0 aliphatic carbocycles. The van der Waals surface area contributed by atoms with Crippen LogP contribution in [-0.2, 0) is 9.53 Å². The summed E-state index contributed by atoms with van der Waals surface area (Å²) in [5.74, 6) is 0.410. The molecule has 2 aromatic rings. The van der Waals surface area contributed by atoms with Gasteiger partial charge in [-0.3, -0.25) is 0 Å². The van der Waals surface area contributed by atoms with E-state index < -0.39 is 5.97 Å². The first-order valence-corrected chi connectivity index (χ1v) is 7.17. The van der Waals surface area contributed by atoms with Crippen molar-refractivity contribution in [1.82, 2.24) is 0 Å². The summed E-state index contributed by atoms with van der Waals surface area (Å²) < 4.78 is 10.4. The van der Waals surface area contributed by atoms with E-state index in [0.717, 1.165) is 11.1 Å². The van der Waals surface area contributed by atoms with Crippen molar-refractivity contribution in [2.45, 2.75) is 6.92 Å². The normalized spacial score (nSPS) is 15.5. The predicted octanol–water partition coefficient (Wildman–Crippen LogP) is 3.69. The third kappa shape index (κ3) is 2.97. The van der Waals surface area contributed by atoms with E-state index in [9.17, 15) is 9.90 Å². The second kappa shape index (κ2) is 6.01. The number of phenols is 1. The lowest BCUT2D eigenvalue weighted by molar-refractivity contribution is -0.130. The van der Waals surface area contributed by atoms with E-state index in [1.807, 2.05) is 31.2 Å². The van der Waals surface area contributed by atoms with Crippen molar-refractivity contribution in [3.63, 3.8) is 0 Å². The van der Waals surface area contributed by atoms with Crippen LogP contribution in [0.15, 0.2) is 54.1 Å². The highest BCUT2D eigenvalue weighted by molar-refractivity contribution is 6.05. The summed E-state index contributed by atoms with van der Waals surface area (Å²) in [5, 5.41) is 10.1. The molecule has 4 nitrogen and oxygen atoms in total. The molecule has 0 saturated heterocycles. The Hall–Kier alpha value is -3.01. The molecule has 0 amide bonds. The Labute approximate surface area is 134 Å². The number of hydrogen-bond donors (Lipinski definition) is 1. The average Bonchev–Trinajstić information content (AvgIpc) is 2.91. The molecule has 3 rings (SSSR count). The van der Waals surface area contributed by atoms with Gasteiger partial charge in [0.05, 0.1) is 12.7 Å². The topological polar surface area (TPSA) is 55.8 Å². The number of aryl methyl sites for hydroxylation is 1. The van der Waals surface area contributed by atoms with Crippen molar-refractivity contribution >= 4 is 17.8 Å². The standard InChI is InChI=1S/C19H16O4/c1-12-6-8-13(9-7-12)17-11-15(19(21)23-17)10-14-4-3-5-16(22-2)18(14)20/h3-11,20H,1-2H3/b15-10-. The molecule has 0 saturated carbocycles. The Morgan fingerprint density at radius 2 is 1.87 bits per heavy atom. The predicted molar refractivity (Wildman–Crippen MR) is 87.9 cm³/mol. The van der Waals surface area contributed by atoms with E-state index in [-0.39, 0.29) is 5.75 Å². The number of rotatable bonds is 3. The highest BCUT2D eigenvalue weighted by Gasteiger charge is 2.22. The van der Waals surface area contributed by atoms with Gasteiger partial charge in [0.25, 0.3) is 0 Å². The molecule has 0 fully saturated rings. The summed E-state index contributed by atoms with van der Waals surface area (Å²) in [6.07, 6.45) is 3.26. The second-order valence-corrected chi connectivity index (χ2v) is 5.26. The molecular formula is C19H16O4. The van der Waals surface area contributed by atoms with Crippen LogP contribution in [0.5, 0.6) is 11.5 Å². The molecule has 1 aliphatic rings. The smallest absolute Gasteiger partial charge is 0.343 e. The average molecular weight is 308 g/mol. The fourth-order valence-corrected chi connectivity index (χ4v) is 2.34.